The molecule has 6 heteroatoms. The Morgan fingerprint density at radius 1 is 1.08 bits per heavy atom. The average Bonchev–Trinajstić information content (AvgIpc) is 3.14. The lowest BCUT2D eigenvalue weighted by atomic mass is 9.98. The third kappa shape index (κ3) is 3.29. The van der Waals surface area contributed by atoms with Crippen LogP contribution in [0.1, 0.15) is 23.1 Å². The van der Waals surface area contributed by atoms with Gasteiger partial charge in [-0.3, -0.25) is 4.90 Å². The maximum absolute atomic E-state index is 13.0. The van der Waals surface area contributed by atoms with Gasteiger partial charge in [-0.1, -0.05) is 41.9 Å². The molecule has 2 aromatic carbocycles. The van der Waals surface area contributed by atoms with Crippen molar-refractivity contribution in [3.8, 4) is 0 Å². The highest BCUT2D eigenvalue weighted by Gasteiger charge is 2.36. The van der Waals surface area contributed by atoms with E-state index in [-0.39, 0.29) is 10.9 Å². The second-order valence-electron chi connectivity index (χ2n) is 7.21. The molecule has 0 N–H and O–H groups in total. The van der Waals surface area contributed by atoms with Crippen molar-refractivity contribution in [1.82, 2.24) is 9.21 Å². The number of nitrogens with zero attached hydrogens (tertiary/aromatic N) is 2. The van der Waals surface area contributed by atoms with E-state index < -0.39 is 10.0 Å². The maximum atomic E-state index is 13.0. The average molecular weight is 391 g/mol. The number of halogens is 1. The molecule has 0 aliphatic carbocycles. The number of aryl methyl sites for hydroxylation is 1. The molecule has 1 fully saturated rings. The third-order valence-corrected chi connectivity index (χ3v) is 7.85. The van der Waals surface area contributed by atoms with E-state index >= 15 is 0 Å². The van der Waals surface area contributed by atoms with Gasteiger partial charge in [0.05, 0.1) is 4.90 Å². The molecule has 2 aliphatic rings. The van der Waals surface area contributed by atoms with Crippen LogP contribution < -0.4 is 0 Å². The largest absolute Gasteiger partial charge is 0.294 e. The second-order valence-corrected chi connectivity index (χ2v) is 9.55. The van der Waals surface area contributed by atoms with Crippen molar-refractivity contribution in [2.75, 3.05) is 19.6 Å². The van der Waals surface area contributed by atoms with Crippen LogP contribution in [-0.2, 0) is 23.0 Å². The minimum absolute atomic E-state index is 0.277. The van der Waals surface area contributed by atoms with Gasteiger partial charge in [-0.15, -0.1) is 0 Å². The lowest BCUT2D eigenvalue weighted by molar-refractivity contribution is 0.185. The first-order valence-corrected chi connectivity index (χ1v) is 10.8. The molecule has 0 spiro atoms. The van der Waals surface area contributed by atoms with Crippen molar-refractivity contribution < 1.29 is 8.42 Å². The van der Waals surface area contributed by atoms with Gasteiger partial charge in [0.15, 0.2) is 0 Å². The van der Waals surface area contributed by atoms with Gasteiger partial charge >= 0.3 is 0 Å². The molecule has 26 heavy (non-hydrogen) atoms. The third-order valence-electron chi connectivity index (χ3n) is 5.58. The van der Waals surface area contributed by atoms with Gasteiger partial charge in [0, 0.05) is 37.2 Å². The summed E-state index contributed by atoms with van der Waals surface area (Å²) in [7, 11) is -3.49. The summed E-state index contributed by atoms with van der Waals surface area (Å²) in [6, 6.07) is 13.8. The number of hydrogen-bond donors (Lipinski definition) is 0. The standard InChI is InChI=1S/C20H23ClN2O2S/c1-15-6-7-19(12-20(15)21)26(24,25)23-11-9-18(14-23)22-10-8-16-4-2-3-5-17(16)13-22/h2-7,12,18H,8-11,13-14H2,1H3. The van der Waals surface area contributed by atoms with E-state index in [1.54, 1.807) is 22.5 Å². The first-order valence-electron chi connectivity index (χ1n) is 9.02. The summed E-state index contributed by atoms with van der Waals surface area (Å²) < 4.78 is 27.6. The lowest BCUT2D eigenvalue weighted by Crippen LogP contribution is -2.41. The molecule has 138 valence electrons. The lowest BCUT2D eigenvalue weighted by Gasteiger charge is -2.33. The Kier molecular flexibility index (Phi) is 4.82. The SMILES string of the molecule is Cc1ccc(S(=O)(=O)N2CCC(N3CCc4ccccc4C3)C2)cc1Cl. The van der Waals surface area contributed by atoms with E-state index in [1.807, 2.05) is 6.92 Å². The zero-order chi connectivity index (χ0) is 18.3. The van der Waals surface area contributed by atoms with Crippen LogP contribution in [0.4, 0.5) is 0 Å². The normalized spacial score (nSPS) is 21.7. The van der Waals surface area contributed by atoms with Gasteiger partial charge in [0.25, 0.3) is 0 Å². The molecule has 2 heterocycles. The molecule has 0 bridgehead atoms. The highest BCUT2D eigenvalue weighted by atomic mass is 35.5. The minimum Gasteiger partial charge on any atom is -0.294 e. The van der Waals surface area contributed by atoms with Crippen LogP contribution in [0.25, 0.3) is 0 Å². The zero-order valence-corrected chi connectivity index (χ0v) is 16.4. The predicted molar refractivity (Wildman–Crippen MR) is 104 cm³/mol. The minimum atomic E-state index is -3.49. The maximum Gasteiger partial charge on any atom is 0.243 e. The molecule has 1 atom stereocenters. The monoisotopic (exact) mass is 390 g/mol. The first kappa shape index (κ1) is 18.0. The second kappa shape index (κ2) is 6.97. The van der Waals surface area contributed by atoms with E-state index in [9.17, 15) is 8.42 Å². The van der Waals surface area contributed by atoms with E-state index in [1.165, 1.54) is 11.1 Å². The molecular formula is C20H23ClN2O2S. The van der Waals surface area contributed by atoms with Crippen molar-refractivity contribution in [2.45, 2.75) is 37.2 Å². The fourth-order valence-electron chi connectivity index (χ4n) is 3.94. The molecule has 2 aromatic rings. The van der Waals surface area contributed by atoms with Crippen molar-refractivity contribution in [3.05, 3.63) is 64.2 Å². The summed E-state index contributed by atoms with van der Waals surface area (Å²) >= 11 is 6.13. The molecule has 4 rings (SSSR count). The Morgan fingerprint density at radius 3 is 2.62 bits per heavy atom. The highest BCUT2D eigenvalue weighted by Crippen LogP contribution is 2.29. The number of fused-ring (bicyclic) bond motifs is 1. The Labute approximate surface area is 160 Å². The van der Waals surface area contributed by atoms with Gasteiger partial charge in [0.2, 0.25) is 10.0 Å². The van der Waals surface area contributed by atoms with Crippen molar-refractivity contribution in [2.24, 2.45) is 0 Å². The van der Waals surface area contributed by atoms with Crippen LogP contribution in [0.3, 0.4) is 0 Å². The first-order chi connectivity index (χ1) is 12.4. The molecule has 0 radical (unpaired) electrons. The Balaban J connectivity index is 1.49. The summed E-state index contributed by atoms with van der Waals surface area (Å²) in [6.45, 7) is 4.89. The molecular weight excluding hydrogens is 368 g/mol. The van der Waals surface area contributed by atoms with Crippen LogP contribution >= 0.6 is 11.6 Å². The predicted octanol–water partition coefficient (Wildman–Crippen LogP) is 3.47. The summed E-state index contributed by atoms with van der Waals surface area (Å²) in [6.07, 6.45) is 1.91. The highest BCUT2D eigenvalue weighted by molar-refractivity contribution is 7.89. The van der Waals surface area contributed by atoms with Crippen molar-refractivity contribution >= 4 is 21.6 Å². The molecule has 1 saturated heterocycles. The van der Waals surface area contributed by atoms with E-state index in [4.69, 9.17) is 11.6 Å². The molecule has 0 saturated carbocycles. The van der Waals surface area contributed by atoms with Crippen LogP contribution in [0, 0.1) is 6.92 Å². The molecule has 1 unspecified atom stereocenters. The number of rotatable bonds is 3. The quantitative estimate of drug-likeness (QED) is 0.805. The summed E-state index contributed by atoms with van der Waals surface area (Å²) in [5.74, 6) is 0. The van der Waals surface area contributed by atoms with Crippen LogP contribution in [-0.4, -0.2) is 43.3 Å². The van der Waals surface area contributed by atoms with E-state index in [2.05, 4.69) is 29.2 Å². The number of sulfonamides is 1. The van der Waals surface area contributed by atoms with Crippen molar-refractivity contribution in [3.63, 3.8) is 0 Å². The van der Waals surface area contributed by atoms with E-state index in [0.717, 1.165) is 31.5 Å². The smallest absolute Gasteiger partial charge is 0.243 e. The zero-order valence-electron chi connectivity index (χ0n) is 14.9. The van der Waals surface area contributed by atoms with Crippen LogP contribution in [0.15, 0.2) is 47.4 Å². The van der Waals surface area contributed by atoms with Gasteiger partial charge in [-0.2, -0.15) is 4.31 Å². The summed E-state index contributed by atoms with van der Waals surface area (Å²) in [5.41, 5.74) is 3.67. The van der Waals surface area contributed by atoms with Gasteiger partial charge < -0.3 is 0 Å². The molecule has 4 nitrogen and oxygen atoms in total. The van der Waals surface area contributed by atoms with Crippen LogP contribution in [0.5, 0.6) is 0 Å². The summed E-state index contributed by atoms with van der Waals surface area (Å²) in [4.78, 5) is 2.72. The van der Waals surface area contributed by atoms with Crippen LogP contribution in [0.2, 0.25) is 5.02 Å². The molecule has 0 amide bonds. The number of hydrogen-bond acceptors (Lipinski definition) is 3. The Morgan fingerprint density at radius 2 is 1.85 bits per heavy atom. The van der Waals surface area contributed by atoms with Gasteiger partial charge in [-0.25, -0.2) is 8.42 Å². The Hall–Kier alpha value is -1.40. The fourth-order valence-corrected chi connectivity index (χ4v) is 5.70. The molecule has 0 aromatic heterocycles. The topological polar surface area (TPSA) is 40.6 Å². The van der Waals surface area contributed by atoms with Gasteiger partial charge in [0.1, 0.15) is 0 Å². The Bertz CT molecular complexity index is 929. The van der Waals surface area contributed by atoms with Crippen molar-refractivity contribution in [1.29, 1.82) is 0 Å². The number of benzene rings is 2. The molecule has 2 aliphatic heterocycles. The summed E-state index contributed by atoms with van der Waals surface area (Å²) in [5, 5.41) is 0.495. The van der Waals surface area contributed by atoms with E-state index in [0.29, 0.717) is 18.1 Å². The van der Waals surface area contributed by atoms with Gasteiger partial charge in [-0.05, 0) is 48.6 Å². The fraction of sp³-hybridized carbons (Fsp3) is 0.400.